The van der Waals surface area contributed by atoms with Crippen molar-refractivity contribution in [1.29, 1.82) is 0 Å². The lowest BCUT2D eigenvalue weighted by atomic mass is 10.0. The highest BCUT2D eigenvalue weighted by Crippen LogP contribution is 2.25. The summed E-state index contributed by atoms with van der Waals surface area (Å²) in [6, 6.07) is 4.41. The highest BCUT2D eigenvalue weighted by Gasteiger charge is 2.27. The van der Waals surface area contributed by atoms with E-state index in [2.05, 4.69) is 0 Å². The first-order valence-corrected chi connectivity index (χ1v) is 5.66. The van der Waals surface area contributed by atoms with Crippen LogP contribution in [0.1, 0.15) is 38.7 Å². The van der Waals surface area contributed by atoms with Gasteiger partial charge >= 0.3 is 0 Å². The number of hydrogen-bond donors (Lipinski definition) is 0. The molecular weight excluding hydrogens is 229 g/mol. The summed E-state index contributed by atoms with van der Waals surface area (Å²) in [4.78, 5) is 0. The van der Waals surface area contributed by atoms with Gasteiger partial charge in [-0.15, -0.1) is 0 Å². The lowest BCUT2D eigenvalue weighted by Gasteiger charge is -2.16. The molecule has 0 N–H and O–H groups in total. The third-order valence-electron chi connectivity index (χ3n) is 2.58. The zero-order chi connectivity index (χ0) is 13.1. The normalized spacial score (nSPS) is 11.9. The van der Waals surface area contributed by atoms with E-state index in [0.29, 0.717) is 0 Å². The molecule has 0 spiro atoms. The van der Waals surface area contributed by atoms with E-state index in [1.807, 2.05) is 13.8 Å². The molecule has 0 amide bonds. The lowest BCUT2D eigenvalue weighted by molar-refractivity contribution is -0.0444. The van der Waals surface area contributed by atoms with Crippen molar-refractivity contribution < 1.29 is 17.9 Å². The molecule has 96 valence electrons. The van der Waals surface area contributed by atoms with E-state index in [1.165, 1.54) is 19.1 Å². The Morgan fingerprint density at radius 1 is 1.29 bits per heavy atom. The fourth-order valence-electron chi connectivity index (χ4n) is 1.28. The maximum atomic E-state index is 13.5. The first-order valence-electron chi connectivity index (χ1n) is 5.66. The largest absolute Gasteiger partial charge is 0.484 e. The first-order chi connectivity index (χ1) is 7.85. The summed E-state index contributed by atoms with van der Waals surface area (Å²) in [5.41, 5.74) is 0.817. The van der Waals surface area contributed by atoms with Gasteiger partial charge in [-0.3, -0.25) is 0 Å². The summed E-state index contributed by atoms with van der Waals surface area (Å²) in [6.45, 7) is 4.43. The Morgan fingerprint density at radius 2 is 1.94 bits per heavy atom. The van der Waals surface area contributed by atoms with Crippen molar-refractivity contribution in [3.8, 4) is 5.75 Å². The molecule has 4 heteroatoms. The molecule has 1 aromatic carbocycles. The van der Waals surface area contributed by atoms with Gasteiger partial charge in [-0.1, -0.05) is 26.8 Å². The maximum Gasteiger partial charge on any atom is 0.281 e. The molecule has 0 fully saturated rings. The van der Waals surface area contributed by atoms with E-state index >= 15 is 0 Å². The molecule has 0 saturated heterocycles. The van der Waals surface area contributed by atoms with Gasteiger partial charge in [-0.05, 0) is 23.6 Å². The molecular formula is C13H17F3O. The third-order valence-corrected chi connectivity index (χ3v) is 2.58. The second kappa shape index (κ2) is 5.43. The van der Waals surface area contributed by atoms with Crippen LogP contribution in [0.3, 0.4) is 0 Å². The van der Waals surface area contributed by atoms with Crippen molar-refractivity contribution in [1.82, 2.24) is 0 Å². The minimum absolute atomic E-state index is 0.123. The standard InChI is InChI=1S/C13H17F3O/c1-4-13(15,16)8-17-12-6-5-10(9(2)3)7-11(12)14/h5-7,9H,4,8H2,1-3H3. The molecule has 1 nitrogen and oxygen atoms in total. The van der Waals surface area contributed by atoms with Gasteiger partial charge < -0.3 is 4.74 Å². The van der Waals surface area contributed by atoms with Crippen molar-refractivity contribution in [3.05, 3.63) is 29.6 Å². The van der Waals surface area contributed by atoms with Crippen LogP contribution in [0, 0.1) is 5.82 Å². The summed E-state index contributed by atoms with van der Waals surface area (Å²) in [6.07, 6.45) is -0.321. The fourth-order valence-corrected chi connectivity index (χ4v) is 1.28. The van der Waals surface area contributed by atoms with Crippen LogP contribution in [0.5, 0.6) is 5.75 Å². The van der Waals surface area contributed by atoms with E-state index in [1.54, 1.807) is 6.07 Å². The van der Waals surface area contributed by atoms with Crippen LogP contribution < -0.4 is 4.74 Å². The molecule has 0 aliphatic carbocycles. The molecule has 0 heterocycles. The highest BCUT2D eigenvalue weighted by molar-refractivity contribution is 5.30. The molecule has 0 aliphatic heterocycles. The number of alkyl halides is 2. The summed E-state index contributed by atoms with van der Waals surface area (Å²) >= 11 is 0. The quantitative estimate of drug-likeness (QED) is 0.749. The van der Waals surface area contributed by atoms with E-state index in [4.69, 9.17) is 4.74 Å². The monoisotopic (exact) mass is 246 g/mol. The summed E-state index contributed by atoms with van der Waals surface area (Å²) in [7, 11) is 0. The topological polar surface area (TPSA) is 9.23 Å². The first kappa shape index (κ1) is 13.9. The van der Waals surface area contributed by atoms with Crippen LogP contribution in [0.2, 0.25) is 0 Å². The Morgan fingerprint density at radius 3 is 2.41 bits per heavy atom. The van der Waals surface area contributed by atoms with E-state index < -0.39 is 18.3 Å². The molecule has 0 atom stereocenters. The summed E-state index contributed by atoms with van der Waals surface area (Å²) in [5.74, 6) is -3.44. The second-order valence-electron chi connectivity index (χ2n) is 4.34. The van der Waals surface area contributed by atoms with Crippen molar-refractivity contribution in [3.63, 3.8) is 0 Å². The van der Waals surface area contributed by atoms with Crippen LogP contribution in [-0.2, 0) is 0 Å². The van der Waals surface area contributed by atoms with Gasteiger partial charge in [-0.2, -0.15) is 0 Å². The van der Waals surface area contributed by atoms with Gasteiger partial charge in [-0.25, -0.2) is 13.2 Å². The molecule has 0 radical (unpaired) electrons. The van der Waals surface area contributed by atoms with Crippen LogP contribution in [0.25, 0.3) is 0 Å². The van der Waals surface area contributed by atoms with E-state index in [0.717, 1.165) is 5.56 Å². The van der Waals surface area contributed by atoms with Crippen LogP contribution in [0.15, 0.2) is 18.2 Å². The average molecular weight is 246 g/mol. The molecule has 1 rings (SSSR count). The van der Waals surface area contributed by atoms with Gasteiger partial charge in [0.1, 0.15) is 0 Å². The number of halogens is 3. The molecule has 17 heavy (non-hydrogen) atoms. The molecule has 0 bridgehead atoms. The minimum atomic E-state index is -2.91. The molecule has 0 aromatic heterocycles. The third kappa shape index (κ3) is 3.95. The zero-order valence-corrected chi connectivity index (χ0v) is 10.3. The number of rotatable bonds is 5. The van der Waals surface area contributed by atoms with Crippen molar-refractivity contribution in [2.45, 2.75) is 39.0 Å². The average Bonchev–Trinajstić information content (AvgIpc) is 2.27. The van der Waals surface area contributed by atoms with Gasteiger partial charge in [0, 0.05) is 6.42 Å². The number of ether oxygens (including phenoxy) is 1. The van der Waals surface area contributed by atoms with Gasteiger partial charge in [0.05, 0.1) is 0 Å². The van der Waals surface area contributed by atoms with Crippen molar-refractivity contribution in [2.75, 3.05) is 6.61 Å². The SMILES string of the molecule is CCC(F)(F)COc1ccc(C(C)C)cc1F. The van der Waals surface area contributed by atoms with Crippen molar-refractivity contribution in [2.24, 2.45) is 0 Å². The van der Waals surface area contributed by atoms with E-state index in [-0.39, 0.29) is 18.1 Å². The molecule has 0 unspecified atom stereocenters. The maximum absolute atomic E-state index is 13.5. The van der Waals surface area contributed by atoms with Gasteiger partial charge in [0.2, 0.25) is 0 Å². The van der Waals surface area contributed by atoms with Crippen molar-refractivity contribution >= 4 is 0 Å². The Hall–Kier alpha value is -1.19. The van der Waals surface area contributed by atoms with Crippen LogP contribution in [-0.4, -0.2) is 12.5 Å². The van der Waals surface area contributed by atoms with Crippen LogP contribution >= 0.6 is 0 Å². The Kier molecular flexibility index (Phi) is 4.43. The van der Waals surface area contributed by atoms with Crippen LogP contribution in [0.4, 0.5) is 13.2 Å². The number of benzene rings is 1. The molecule has 0 saturated carbocycles. The summed E-state index contributed by atoms with van der Waals surface area (Å²) in [5, 5.41) is 0. The highest BCUT2D eigenvalue weighted by atomic mass is 19.3. The van der Waals surface area contributed by atoms with E-state index in [9.17, 15) is 13.2 Å². The fraction of sp³-hybridized carbons (Fsp3) is 0.538. The van der Waals surface area contributed by atoms with Gasteiger partial charge in [0.15, 0.2) is 18.2 Å². The molecule has 0 aliphatic rings. The Labute approximate surface area is 99.6 Å². The molecule has 1 aromatic rings. The predicted octanol–water partition coefficient (Wildman–Crippen LogP) is 4.37. The summed E-state index contributed by atoms with van der Waals surface area (Å²) < 4.78 is 44.2. The Balaban J connectivity index is 2.73. The number of hydrogen-bond acceptors (Lipinski definition) is 1. The van der Waals surface area contributed by atoms with Gasteiger partial charge in [0.25, 0.3) is 5.92 Å². The second-order valence-corrected chi connectivity index (χ2v) is 4.34. The lowest BCUT2D eigenvalue weighted by Crippen LogP contribution is -2.24. The predicted molar refractivity (Wildman–Crippen MR) is 61.2 cm³/mol. The minimum Gasteiger partial charge on any atom is -0.484 e. The zero-order valence-electron chi connectivity index (χ0n) is 10.3. The Bertz CT molecular complexity index is 375. The smallest absolute Gasteiger partial charge is 0.281 e.